The summed E-state index contributed by atoms with van der Waals surface area (Å²) in [5, 5.41) is 18.5. The first-order valence-corrected chi connectivity index (χ1v) is 15.0. The molecule has 48 heavy (non-hydrogen) atoms. The highest BCUT2D eigenvalue weighted by Crippen LogP contribution is 2.44. The Labute approximate surface area is 275 Å². The Morgan fingerprint density at radius 2 is 1.33 bits per heavy atom. The van der Waals surface area contributed by atoms with E-state index < -0.39 is 41.1 Å². The van der Waals surface area contributed by atoms with Crippen LogP contribution in [0.25, 0.3) is 11.1 Å². The fraction of sp³-hybridized carbons (Fsp3) is 0.200. The van der Waals surface area contributed by atoms with Crippen molar-refractivity contribution in [2.75, 3.05) is 11.9 Å². The monoisotopic (exact) mass is 652 g/mol. The number of alkyl carbamates (subject to hydrolysis) is 1. The van der Waals surface area contributed by atoms with Crippen LogP contribution in [0.1, 0.15) is 36.5 Å². The molecule has 0 saturated carbocycles. The second-order valence-corrected chi connectivity index (χ2v) is 11.0. The van der Waals surface area contributed by atoms with Gasteiger partial charge in [-0.3, -0.25) is 19.7 Å². The van der Waals surface area contributed by atoms with Crippen molar-refractivity contribution in [3.63, 3.8) is 0 Å². The minimum Gasteiger partial charge on any atom is -0.449 e. The molecule has 0 saturated heterocycles. The van der Waals surface area contributed by atoms with E-state index in [0.717, 1.165) is 22.3 Å². The van der Waals surface area contributed by atoms with Gasteiger partial charge in [0.2, 0.25) is 11.8 Å². The first kappa shape index (κ1) is 33.1. The molecule has 0 fully saturated rings. The zero-order valence-corrected chi connectivity index (χ0v) is 26.0. The molecule has 0 heterocycles. The van der Waals surface area contributed by atoms with Gasteiger partial charge in [0.15, 0.2) is 0 Å². The molecule has 0 aromatic heterocycles. The lowest BCUT2D eigenvalue weighted by Crippen LogP contribution is -2.50. The number of carbonyl (C=O) groups excluding carboxylic acids is 4. The number of nitro benzene ring substituents is 1. The average Bonchev–Trinajstić information content (AvgIpc) is 3.40. The van der Waals surface area contributed by atoms with E-state index in [1.807, 2.05) is 48.5 Å². The van der Waals surface area contributed by atoms with Crippen molar-refractivity contribution in [3.8, 4) is 16.9 Å². The third kappa shape index (κ3) is 8.12. The fourth-order valence-corrected chi connectivity index (χ4v) is 5.12. The number of non-ortho nitro benzene ring substituents is 1. The minimum atomic E-state index is -0.992. The number of hydrogen-bond acceptors (Lipinski definition) is 9. The summed E-state index contributed by atoms with van der Waals surface area (Å²) >= 11 is 0. The van der Waals surface area contributed by atoms with Crippen LogP contribution in [0.4, 0.5) is 21.0 Å². The van der Waals surface area contributed by atoms with Gasteiger partial charge in [-0.2, -0.15) is 0 Å². The molecular formula is C35H32N4O9. The number of nitrogens with zero attached hydrogens (tertiary/aromatic N) is 1. The van der Waals surface area contributed by atoms with Crippen molar-refractivity contribution >= 4 is 35.4 Å². The maximum absolute atomic E-state index is 12.7. The molecular weight excluding hydrogens is 620 g/mol. The number of fused-ring (bicyclic) bond motifs is 3. The van der Waals surface area contributed by atoms with Crippen molar-refractivity contribution in [1.29, 1.82) is 0 Å². The van der Waals surface area contributed by atoms with Crippen LogP contribution < -0.4 is 20.7 Å². The third-order valence-electron chi connectivity index (χ3n) is 7.65. The molecule has 2 atom stereocenters. The van der Waals surface area contributed by atoms with Crippen molar-refractivity contribution in [2.24, 2.45) is 0 Å². The predicted octanol–water partition coefficient (Wildman–Crippen LogP) is 5.68. The van der Waals surface area contributed by atoms with Crippen LogP contribution in [0.5, 0.6) is 5.75 Å². The molecule has 5 rings (SSSR count). The molecule has 13 heteroatoms. The number of anilines is 1. The van der Waals surface area contributed by atoms with E-state index in [4.69, 9.17) is 14.2 Å². The maximum atomic E-state index is 12.7. The van der Waals surface area contributed by atoms with Crippen LogP contribution in [0.3, 0.4) is 0 Å². The minimum absolute atomic E-state index is 0.0901. The predicted molar refractivity (Wildman–Crippen MR) is 174 cm³/mol. The summed E-state index contributed by atoms with van der Waals surface area (Å²) in [5.41, 5.74) is 5.24. The molecule has 1 aliphatic rings. The molecule has 0 bridgehead atoms. The molecule has 0 aliphatic heterocycles. The molecule has 246 valence electrons. The van der Waals surface area contributed by atoms with E-state index in [2.05, 4.69) is 16.0 Å². The summed E-state index contributed by atoms with van der Waals surface area (Å²) in [4.78, 5) is 60.1. The van der Waals surface area contributed by atoms with Crippen LogP contribution in [-0.2, 0) is 25.7 Å². The van der Waals surface area contributed by atoms with Gasteiger partial charge in [-0.1, -0.05) is 60.7 Å². The number of amides is 3. The van der Waals surface area contributed by atoms with Crippen molar-refractivity contribution in [1.82, 2.24) is 10.6 Å². The molecule has 0 unspecified atom stereocenters. The summed E-state index contributed by atoms with van der Waals surface area (Å²) in [6.07, 6.45) is -1.74. The Morgan fingerprint density at radius 1 is 0.750 bits per heavy atom. The number of nitro groups is 1. The van der Waals surface area contributed by atoms with Gasteiger partial charge in [-0.25, -0.2) is 9.59 Å². The Kier molecular flexibility index (Phi) is 10.3. The van der Waals surface area contributed by atoms with Gasteiger partial charge in [-0.15, -0.1) is 0 Å². The number of nitrogens with one attached hydrogen (secondary N) is 3. The second kappa shape index (κ2) is 14.9. The Bertz CT molecular complexity index is 1780. The van der Waals surface area contributed by atoms with Crippen molar-refractivity contribution in [2.45, 2.75) is 38.5 Å². The van der Waals surface area contributed by atoms with Crippen LogP contribution >= 0.6 is 0 Å². The van der Waals surface area contributed by atoms with E-state index in [1.165, 1.54) is 38.1 Å². The van der Waals surface area contributed by atoms with Gasteiger partial charge in [0, 0.05) is 23.7 Å². The van der Waals surface area contributed by atoms with Crippen LogP contribution in [-0.4, -0.2) is 47.7 Å². The smallest absolute Gasteiger partial charge is 0.449 e. The van der Waals surface area contributed by atoms with Crippen LogP contribution in [0.2, 0.25) is 0 Å². The third-order valence-corrected chi connectivity index (χ3v) is 7.65. The van der Waals surface area contributed by atoms with Crippen LogP contribution in [0, 0.1) is 10.1 Å². The highest BCUT2D eigenvalue weighted by Gasteiger charge is 2.29. The summed E-state index contributed by atoms with van der Waals surface area (Å²) < 4.78 is 15.6. The molecule has 4 aromatic carbocycles. The standard InChI is InChI=1S/C35H32N4O9/c1-21(33(41)38-24-13-11-23(12-14-24)19-47-35(43)48-26-17-15-25(16-18-26)39(44)45)36-32(40)22(2)37-34(42)46-20-31-29-9-5-3-7-27(29)28-8-4-6-10-30(28)31/h3-18,21-22,31H,19-20H2,1-2H3,(H,36,40)(H,37,42)(H,38,41)/t21-,22-/m0/s1. The summed E-state index contributed by atoms with van der Waals surface area (Å²) in [7, 11) is 0. The zero-order chi connectivity index (χ0) is 34.2. The second-order valence-electron chi connectivity index (χ2n) is 11.0. The number of carbonyl (C=O) groups is 4. The number of ether oxygens (including phenoxy) is 3. The van der Waals surface area contributed by atoms with E-state index in [-0.39, 0.29) is 30.6 Å². The van der Waals surface area contributed by atoms with E-state index in [1.54, 1.807) is 24.3 Å². The Morgan fingerprint density at radius 3 is 1.94 bits per heavy atom. The lowest BCUT2D eigenvalue weighted by Gasteiger charge is -2.19. The van der Waals surface area contributed by atoms with E-state index in [0.29, 0.717) is 11.3 Å². The quantitative estimate of drug-likeness (QED) is 0.0797. The lowest BCUT2D eigenvalue weighted by atomic mass is 9.98. The summed E-state index contributed by atoms with van der Waals surface area (Å²) in [6.45, 7) is 2.97. The molecule has 13 nitrogen and oxygen atoms in total. The number of rotatable bonds is 11. The Balaban J connectivity index is 1.03. The molecule has 0 radical (unpaired) electrons. The number of benzene rings is 4. The highest BCUT2D eigenvalue weighted by atomic mass is 16.7. The first-order valence-electron chi connectivity index (χ1n) is 15.0. The molecule has 3 N–H and O–H groups in total. The number of hydrogen-bond donors (Lipinski definition) is 3. The van der Waals surface area contributed by atoms with Crippen molar-refractivity contribution < 1.29 is 38.3 Å². The van der Waals surface area contributed by atoms with Crippen LogP contribution in [0.15, 0.2) is 97.1 Å². The molecule has 0 spiro atoms. The zero-order valence-electron chi connectivity index (χ0n) is 26.0. The molecule has 4 aromatic rings. The first-order chi connectivity index (χ1) is 23.1. The SMILES string of the molecule is C[C@H](NC(=O)OCC1c2ccccc2-c2ccccc21)C(=O)N[C@@H](C)C(=O)Nc1ccc(COC(=O)Oc2ccc([N+](=O)[O-])cc2)cc1. The summed E-state index contributed by atoms with van der Waals surface area (Å²) in [6, 6.07) is 25.4. The summed E-state index contributed by atoms with van der Waals surface area (Å²) in [5.74, 6) is -1.09. The van der Waals surface area contributed by atoms with E-state index >= 15 is 0 Å². The highest BCUT2D eigenvalue weighted by molar-refractivity contribution is 5.98. The van der Waals surface area contributed by atoms with Gasteiger partial charge in [-0.05, 0) is 65.9 Å². The Hall–Kier alpha value is -6.24. The normalized spacial score (nSPS) is 12.8. The largest absolute Gasteiger partial charge is 0.514 e. The fourth-order valence-electron chi connectivity index (χ4n) is 5.12. The van der Waals surface area contributed by atoms with Gasteiger partial charge in [0.1, 0.15) is 31.0 Å². The van der Waals surface area contributed by atoms with Gasteiger partial charge in [0.25, 0.3) is 5.69 Å². The molecule has 1 aliphatic carbocycles. The maximum Gasteiger partial charge on any atom is 0.514 e. The average molecular weight is 653 g/mol. The van der Waals surface area contributed by atoms with Crippen molar-refractivity contribution in [3.05, 3.63) is 124 Å². The van der Waals surface area contributed by atoms with E-state index in [9.17, 15) is 29.3 Å². The topological polar surface area (TPSA) is 175 Å². The van der Waals surface area contributed by atoms with Gasteiger partial charge in [0.05, 0.1) is 4.92 Å². The van der Waals surface area contributed by atoms with Gasteiger partial charge >= 0.3 is 12.2 Å². The van der Waals surface area contributed by atoms with Gasteiger partial charge < -0.3 is 30.2 Å². The molecule has 3 amide bonds. The lowest BCUT2D eigenvalue weighted by molar-refractivity contribution is -0.384.